The van der Waals surface area contributed by atoms with E-state index in [1.54, 1.807) is 17.5 Å². The van der Waals surface area contributed by atoms with Crippen LogP contribution in [0.3, 0.4) is 0 Å². The zero-order valence-corrected chi connectivity index (χ0v) is 10.3. The van der Waals surface area contributed by atoms with Crippen molar-refractivity contribution in [3.05, 3.63) is 40.3 Å². The Kier molecular flexibility index (Phi) is 3.41. The number of hydrogen-bond donors (Lipinski definition) is 1. The first-order valence-electron chi connectivity index (χ1n) is 5.40. The van der Waals surface area contributed by atoms with Gasteiger partial charge < -0.3 is 5.11 Å². The smallest absolute Gasteiger partial charge is 0.0861 e. The number of aliphatic hydroxyl groups excluding tert-OH is 1. The Labute approximate surface area is 99.4 Å². The van der Waals surface area contributed by atoms with Gasteiger partial charge in [-0.1, -0.05) is 0 Å². The minimum absolute atomic E-state index is 0.335. The second-order valence-electron chi connectivity index (χ2n) is 4.20. The molecule has 2 aromatic rings. The van der Waals surface area contributed by atoms with E-state index in [4.69, 9.17) is 0 Å². The molecular weight excluding hydrogens is 220 g/mol. The SMILES string of the molecule is CC(C)n1cc(C(O)Cc2ccsc2)cn1. The largest absolute Gasteiger partial charge is 0.388 e. The minimum atomic E-state index is -0.456. The topological polar surface area (TPSA) is 38.0 Å². The minimum Gasteiger partial charge on any atom is -0.388 e. The summed E-state index contributed by atoms with van der Waals surface area (Å²) in [6, 6.07) is 2.38. The van der Waals surface area contributed by atoms with Crippen LogP contribution in [0.4, 0.5) is 0 Å². The third-order valence-electron chi connectivity index (χ3n) is 2.54. The highest BCUT2D eigenvalue weighted by Gasteiger charge is 2.12. The Bertz CT molecular complexity index is 434. The van der Waals surface area contributed by atoms with E-state index in [9.17, 15) is 5.11 Å². The molecule has 0 spiro atoms. The Morgan fingerprint density at radius 1 is 1.50 bits per heavy atom. The van der Waals surface area contributed by atoms with Crippen molar-refractivity contribution in [2.24, 2.45) is 0 Å². The first-order chi connectivity index (χ1) is 7.66. The van der Waals surface area contributed by atoms with Crippen molar-refractivity contribution in [3.8, 4) is 0 Å². The third-order valence-corrected chi connectivity index (χ3v) is 3.28. The number of aromatic nitrogens is 2. The number of aliphatic hydroxyl groups is 1. The van der Waals surface area contributed by atoms with Gasteiger partial charge in [-0.3, -0.25) is 4.68 Å². The average molecular weight is 236 g/mol. The molecule has 4 heteroatoms. The van der Waals surface area contributed by atoms with E-state index in [0.29, 0.717) is 12.5 Å². The maximum Gasteiger partial charge on any atom is 0.0861 e. The van der Waals surface area contributed by atoms with Crippen LogP contribution in [0, 0.1) is 0 Å². The van der Waals surface area contributed by atoms with Crippen molar-refractivity contribution >= 4 is 11.3 Å². The van der Waals surface area contributed by atoms with Gasteiger partial charge in [0, 0.05) is 24.2 Å². The van der Waals surface area contributed by atoms with Gasteiger partial charge in [0.2, 0.25) is 0 Å². The van der Waals surface area contributed by atoms with Crippen LogP contribution >= 0.6 is 11.3 Å². The van der Waals surface area contributed by atoms with Crippen LogP contribution in [0.2, 0.25) is 0 Å². The van der Waals surface area contributed by atoms with Gasteiger partial charge in [-0.2, -0.15) is 16.4 Å². The third kappa shape index (κ3) is 2.51. The van der Waals surface area contributed by atoms with E-state index in [1.165, 1.54) is 5.56 Å². The van der Waals surface area contributed by atoms with Gasteiger partial charge in [-0.05, 0) is 36.2 Å². The summed E-state index contributed by atoms with van der Waals surface area (Å²) >= 11 is 1.65. The molecule has 86 valence electrons. The average Bonchev–Trinajstić information content (AvgIpc) is 2.86. The second-order valence-corrected chi connectivity index (χ2v) is 4.98. The van der Waals surface area contributed by atoms with E-state index in [2.05, 4.69) is 24.3 Å². The lowest BCUT2D eigenvalue weighted by Crippen LogP contribution is -2.02. The normalized spacial score (nSPS) is 13.2. The highest BCUT2D eigenvalue weighted by atomic mass is 32.1. The molecule has 3 nitrogen and oxygen atoms in total. The first kappa shape index (κ1) is 11.4. The molecular formula is C12H16N2OS. The quantitative estimate of drug-likeness (QED) is 0.886. The molecule has 1 unspecified atom stereocenters. The van der Waals surface area contributed by atoms with Gasteiger partial charge in [-0.25, -0.2) is 0 Å². The van der Waals surface area contributed by atoms with Gasteiger partial charge in [0.1, 0.15) is 0 Å². The first-order valence-corrected chi connectivity index (χ1v) is 6.34. The molecule has 2 heterocycles. The molecule has 0 aromatic carbocycles. The molecule has 0 aliphatic rings. The summed E-state index contributed by atoms with van der Waals surface area (Å²) in [5, 5.41) is 18.4. The molecule has 0 aliphatic heterocycles. The fraction of sp³-hybridized carbons (Fsp3) is 0.417. The Morgan fingerprint density at radius 2 is 2.31 bits per heavy atom. The summed E-state index contributed by atoms with van der Waals surface area (Å²) in [5.41, 5.74) is 2.06. The van der Waals surface area contributed by atoms with Crippen molar-refractivity contribution in [1.29, 1.82) is 0 Å². The molecule has 0 amide bonds. The van der Waals surface area contributed by atoms with E-state index in [1.807, 2.05) is 22.3 Å². The molecule has 0 bridgehead atoms. The van der Waals surface area contributed by atoms with Crippen LogP contribution < -0.4 is 0 Å². The zero-order valence-electron chi connectivity index (χ0n) is 9.50. The maximum absolute atomic E-state index is 10.0. The van der Waals surface area contributed by atoms with Crippen molar-refractivity contribution in [1.82, 2.24) is 9.78 Å². The van der Waals surface area contributed by atoms with E-state index >= 15 is 0 Å². The van der Waals surface area contributed by atoms with Gasteiger partial charge >= 0.3 is 0 Å². The van der Waals surface area contributed by atoms with Crippen molar-refractivity contribution in [3.63, 3.8) is 0 Å². The summed E-state index contributed by atoms with van der Waals surface area (Å²) in [4.78, 5) is 0. The predicted molar refractivity (Wildman–Crippen MR) is 65.6 cm³/mol. The lowest BCUT2D eigenvalue weighted by molar-refractivity contribution is 0.178. The molecule has 2 aromatic heterocycles. The van der Waals surface area contributed by atoms with Crippen molar-refractivity contribution < 1.29 is 5.11 Å². The zero-order chi connectivity index (χ0) is 11.5. The summed E-state index contributed by atoms with van der Waals surface area (Å²) in [6.45, 7) is 4.14. The molecule has 0 aliphatic carbocycles. The monoisotopic (exact) mass is 236 g/mol. The Balaban J connectivity index is 2.06. The molecule has 0 saturated heterocycles. The highest BCUT2D eigenvalue weighted by Crippen LogP contribution is 2.20. The molecule has 2 rings (SSSR count). The standard InChI is InChI=1S/C12H16N2OS/c1-9(2)14-7-11(6-13-14)12(15)5-10-3-4-16-8-10/h3-4,6-9,12,15H,5H2,1-2H3. The summed E-state index contributed by atoms with van der Waals surface area (Å²) < 4.78 is 1.87. The fourth-order valence-electron chi connectivity index (χ4n) is 1.56. The van der Waals surface area contributed by atoms with E-state index in [-0.39, 0.29) is 0 Å². The molecule has 0 radical (unpaired) electrons. The van der Waals surface area contributed by atoms with Crippen LogP contribution in [0.15, 0.2) is 29.2 Å². The Hall–Kier alpha value is -1.13. The second kappa shape index (κ2) is 4.80. The van der Waals surface area contributed by atoms with Crippen molar-refractivity contribution in [2.75, 3.05) is 0 Å². The molecule has 1 N–H and O–H groups in total. The van der Waals surface area contributed by atoms with Gasteiger partial charge in [0.15, 0.2) is 0 Å². The number of hydrogen-bond acceptors (Lipinski definition) is 3. The van der Waals surface area contributed by atoms with Crippen LogP contribution in [-0.4, -0.2) is 14.9 Å². The maximum atomic E-state index is 10.0. The fourth-order valence-corrected chi connectivity index (χ4v) is 2.24. The Morgan fingerprint density at radius 3 is 2.88 bits per heavy atom. The lowest BCUT2D eigenvalue weighted by atomic mass is 10.1. The summed E-state index contributed by atoms with van der Waals surface area (Å²) in [5.74, 6) is 0. The predicted octanol–water partition coefficient (Wildman–Crippen LogP) is 2.80. The van der Waals surface area contributed by atoms with Crippen LogP contribution in [0.1, 0.15) is 37.1 Å². The van der Waals surface area contributed by atoms with E-state index < -0.39 is 6.10 Å². The van der Waals surface area contributed by atoms with Gasteiger partial charge in [0.25, 0.3) is 0 Å². The van der Waals surface area contributed by atoms with Crippen LogP contribution in [0.25, 0.3) is 0 Å². The van der Waals surface area contributed by atoms with E-state index in [0.717, 1.165) is 5.56 Å². The molecule has 0 fully saturated rings. The molecule has 0 saturated carbocycles. The van der Waals surface area contributed by atoms with Crippen molar-refractivity contribution in [2.45, 2.75) is 32.4 Å². The van der Waals surface area contributed by atoms with Gasteiger partial charge in [-0.15, -0.1) is 0 Å². The lowest BCUT2D eigenvalue weighted by Gasteiger charge is -2.07. The number of thiophene rings is 1. The summed E-state index contributed by atoms with van der Waals surface area (Å²) in [6.07, 6.45) is 3.87. The molecule has 16 heavy (non-hydrogen) atoms. The van der Waals surface area contributed by atoms with Gasteiger partial charge in [0.05, 0.1) is 12.3 Å². The number of rotatable bonds is 4. The summed E-state index contributed by atoms with van der Waals surface area (Å²) in [7, 11) is 0. The number of nitrogens with zero attached hydrogens (tertiary/aromatic N) is 2. The highest BCUT2D eigenvalue weighted by molar-refractivity contribution is 7.07. The van der Waals surface area contributed by atoms with Crippen LogP contribution in [-0.2, 0) is 6.42 Å². The van der Waals surface area contributed by atoms with Crippen LogP contribution in [0.5, 0.6) is 0 Å². The molecule has 1 atom stereocenters.